The van der Waals surface area contributed by atoms with Crippen LogP contribution in [0.4, 0.5) is 0 Å². The number of nitrogens with one attached hydrogen (secondary N) is 1. The van der Waals surface area contributed by atoms with Gasteiger partial charge in [0.2, 0.25) is 0 Å². The van der Waals surface area contributed by atoms with E-state index in [1.54, 1.807) is 10.7 Å². The molecular weight excluding hydrogens is 210 g/mol. The van der Waals surface area contributed by atoms with Crippen LogP contribution >= 0.6 is 0 Å². The predicted molar refractivity (Wildman–Crippen MR) is 57.0 cm³/mol. The van der Waals surface area contributed by atoms with E-state index in [2.05, 4.69) is 15.2 Å². The fraction of sp³-hybridized carbons (Fsp3) is 0.500. The highest BCUT2D eigenvalue weighted by Gasteiger charge is 2.13. The summed E-state index contributed by atoms with van der Waals surface area (Å²) in [7, 11) is 1.27. The Morgan fingerprint density at radius 3 is 2.81 bits per heavy atom. The second-order valence-electron chi connectivity index (χ2n) is 3.25. The summed E-state index contributed by atoms with van der Waals surface area (Å²) in [5.74, 6) is -0.805. The van der Waals surface area contributed by atoms with Crippen LogP contribution in [0.3, 0.4) is 0 Å². The minimum Gasteiger partial charge on any atom is -0.468 e. The Morgan fingerprint density at radius 1 is 1.56 bits per heavy atom. The summed E-state index contributed by atoms with van der Waals surface area (Å²) in [5, 5.41) is 6.60. The number of aryl methyl sites for hydroxylation is 2. The fourth-order valence-corrected chi connectivity index (χ4v) is 1.28. The zero-order valence-corrected chi connectivity index (χ0v) is 9.61. The highest BCUT2D eigenvalue weighted by molar-refractivity contribution is 5.94. The van der Waals surface area contributed by atoms with Crippen LogP contribution in [-0.4, -0.2) is 35.3 Å². The zero-order valence-electron chi connectivity index (χ0n) is 9.61. The molecule has 0 saturated carbocycles. The molecule has 0 bridgehead atoms. The van der Waals surface area contributed by atoms with Crippen LogP contribution < -0.4 is 5.32 Å². The van der Waals surface area contributed by atoms with Crippen molar-refractivity contribution >= 4 is 11.9 Å². The van der Waals surface area contributed by atoms with E-state index in [0.29, 0.717) is 12.2 Å². The van der Waals surface area contributed by atoms with Crippen LogP contribution in [0.2, 0.25) is 0 Å². The molecule has 0 radical (unpaired) electrons. The molecule has 0 unspecified atom stereocenters. The van der Waals surface area contributed by atoms with Crippen LogP contribution in [-0.2, 0) is 16.1 Å². The quantitative estimate of drug-likeness (QED) is 0.738. The lowest BCUT2D eigenvalue weighted by Gasteiger charge is -2.05. The molecule has 0 fully saturated rings. The molecule has 6 nitrogen and oxygen atoms in total. The molecule has 1 heterocycles. The van der Waals surface area contributed by atoms with Crippen LogP contribution in [0.5, 0.6) is 0 Å². The maximum absolute atomic E-state index is 11.7. The Hall–Kier alpha value is -1.85. The highest BCUT2D eigenvalue weighted by atomic mass is 16.5. The smallest absolute Gasteiger partial charge is 0.325 e. The summed E-state index contributed by atoms with van der Waals surface area (Å²) in [6.45, 7) is 4.17. The SMILES string of the molecule is CCn1nc(C)cc1C(=O)NCC(=O)OC. The number of ether oxygens (including phenoxy) is 1. The molecule has 1 N–H and O–H groups in total. The molecule has 0 spiro atoms. The van der Waals surface area contributed by atoms with Crippen LogP contribution in [0.25, 0.3) is 0 Å². The van der Waals surface area contributed by atoms with E-state index < -0.39 is 5.97 Å². The van der Waals surface area contributed by atoms with Gasteiger partial charge in [-0.1, -0.05) is 0 Å². The van der Waals surface area contributed by atoms with Crippen molar-refractivity contribution in [2.45, 2.75) is 20.4 Å². The first kappa shape index (κ1) is 12.2. The molecular formula is C10H15N3O3. The van der Waals surface area contributed by atoms with Gasteiger partial charge >= 0.3 is 5.97 Å². The Labute approximate surface area is 93.6 Å². The number of aromatic nitrogens is 2. The lowest BCUT2D eigenvalue weighted by Crippen LogP contribution is -2.31. The molecule has 1 aromatic rings. The number of hydrogen-bond donors (Lipinski definition) is 1. The van der Waals surface area contributed by atoms with Gasteiger partial charge in [-0.3, -0.25) is 14.3 Å². The van der Waals surface area contributed by atoms with Crippen molar-refractivity contribution < 1.29 is 14.3 Å². The number of rotatable bonds is 4. The van der Waals surface area contributed by atoms with Gasteiger partial charge in [-0.2, -0.15) is 5.10 Å². The summed E-state index contributed by atoms with van der Waals surface area (Å²) in [4.78, 5) is 22.5. The van der Waals surface area contributed by atoms with Gasteiger partial charge in [0.15, 0.2) is 0 Å². The second-order valence-corrected chi connectivity index (χ2v) is 3.25. The van der Waals surface area contributed by atoms with Crippen molar-refractivity contribution in [1.82, 2.24) is 15.1 Å². The third-order valence-corrected chi connectivity index (χ3v) is 2.06. The number of carbonyl (C=O) groups excluding carboxylic acids is 2. The van der Waals surface area contributed by atoms with E-state index in [1.165, 1.54) is 7.11 Å². The van der Waals surface area contributed by atoms with Crippen molar-refractivity contribution in [2.24, 2.45) is 0 Å². The molecule has 1 amide bonds. The van der Waals surface area contributed by atoms with E-state index in [-0.39, 0.29) is 12.5 Å². The zero-order chi connectivity index (χ0) is 12.1. The van der Waals surface area contributed by atoms with E-state index in [1.807, 2.05) is 13.8 Å². The molecule has 0 atom stereocenters. The van der Waals surface area contributed by atoms with Gasteiger partial charge in [0.05, 0.1) is 12.8 Å². The molecule has 0 aliphatic carbocycles. The lowest BCUT2D eigenvalue weighted by molar-refractivity contribution is -0.139. The van der Waals surface area contributed by atoms with E-state index in [0.717, 1.165) is 5.69 Å². The van der Waals surface area contributed by atoms with Gasteiger partial charge in [0.25, 0.3) is 5.91 Å². The maximum Gasteiger partial charge on any atom is 0.325 e. The average molecular weight is 225 g/mol. The Kier molecular flexibility index (Phi) is 4.04. The molecule has 0 aliphatic rings. The Balaban J connectivity index is 2.68. The number of esters is 1. The molecule has 0 aliphatic heterocycles. The summed E-state index contributed by atoms with van der Waals surface area (Å²) in [6, 6.07) is 1.68. The second kappa shape index (κ2) is 5.29. The fourth-order valence-electron chi connectivity index (χ4n) is 1.28. The van der Waals surface area contributed by atoms with E-state index in [9.17, 15) is 9.59 Å². The van der Waals surface area contributed by atoms with Crippen molar-refractivity contribution in [3.05, 3.63) is 17.5 Å². The number of carbonyl (C=O) groups is 2. The maximum atomic E-state index is 11.7. The number of methoxy groups -OCH3 is 1. The highest BCUT2D eigenvalue weighted by Crippen LogP contribution is 2.03. The standard InChI is InChI=1S/C10H15N3O3/c1-4-13-8(5-7(2)12-13)10(15)11-6-9(14)16-3/h5H,4,6H2,1-3H3,(H,11,15). The molecule has 1 rings (SSSR count). The monoisotopic (exact) mass is 225 g/mol. The van der Waals surface area contributed by atoms with Crippen molar-refractivity contribution in [2.75, 3.05) is 13.7 Å². The first-order valence-corrected chi connectivity index (χ1v) is 4.98. The van der Waals surface area contributed by atoms with Gasteiger partial charge < -0.3 is 10.1 Å². The predicted octanol–water partition coefficient (Wildman–Crippen LogP) is 0.114. The largest absolute Gasteiger partial charge is 0.468 e. The number of hydrogen-bond acceptors (Lipinski definition) is 4. The molecule has 0 aromatic carbocycles. The Morgan fingerprint density at radius 2 is 2.25 bits per heavy atom. The van der Waals surface area contributed by atoms with Gasteiger partial charge in [-0.25, -0.2) is 0 Å². The molecule has 1 aromatic heterocycles. The molecule has 6 heteroatoms. The number of nitrogens with zero attached hydrogens (tertiary/aromatic N) is 2. The summed E-state index contributed by atoms with van der Waals surface area (Å²) < 4.78 is 6.01. The summed E-state index contributed by atoms with van der Waals surface area (Å²) in [6.07, 6.45) is 0. The summed E-state index contributed by atoms with van der Waals surface area (Å²) >= 11 is 0. The first-order valence-electron chi connectivity index (χ1n) is 4.98. The third-order valence-electron chi connectivity index (χ3n) is 2.06. The van der Waals surface area contributed by atoms with Crippen LogP contribution in [0, 0.1) is 6.92 Å². The minimum absolute atomic E-state index is 0.136. The van der Waals surface area contributed by atoms with Crippen LogP contribution in [0.1, 0.15) is 23.1 Å². The number of amides is 1. The van der Waals surface area contributed by atoms with E-state index >= 15 is 0 Å². The third kappa shape index (κ3) is 2.82. The Bertz CT molecular complexity index is 398. The van der Waals surface area contributed by atoms with Gasteiger partial charge in [0, 0.05) is 6.54 Å². The normalized spacial score (nSPS) is 9.94. The van der Waals surface area contributed by atoms with Crippen LogP contribution in [0.15, 0.2) is 6.07 Å². The topological polar surface area (TPSA) is 73.2 Å². The van der Waals surface area contributed by atoms with Crippen molar-refractivity contribution in [1.29, 1.82) is 0 Å². The molecule has 0 saturated heterocycles. The van der Waals surface area contributed by atoms with Gasteiger partial charge in [0.1, 0.15) is 12.2 Å². The molecule has 16 heavy (non-hydrogen) atoms. The van der Waals surface area contributed by atoms with Gasteiger partial charge in [-0.05, 0) is 19.9 Å². The van der Waals surface area contributed by atoms with Crippen molar-refractivity contribution in [3.63, 3.8) is 0 Å². The summed E-state index contributed by atoms with van der Waals surface area (Å²) in [5.41, 5.74) is 1.22. The van der Waals surface area contributed by atoms with Crippen molar-refractivity contribution in [3.8, 4) is 0 Å². The average Bonchev–Trinajstić information content (AvgIpc) is 2.66. The van der Waals surface area contributed by atoms with Gasteiger partial charge in [-0.15, -0.1) is 0 Å². The first-order chi connectivity index (χ1) is 7.58. The minimum atomic E-state index is -0.479. The molecule has 88 valence electrons. The lowest BCUT2D eigenvalue weighted by atomic mass is 10.3. The van der Waals surface area contributed by atoms with E-state index in [4.69, 9.17) is 0 Å².